The first kappa shape index (κ1) is 29.8. The Kier molecular flexibility index (Phi) is 17.7. The third-order valence-corrected chi connectivity index (χ3v) is 5.39. The maximum atomic E-state index is 12.1. The van der Waals surface area contributed by atoms with Gasteiger partial charge in [0.25, 0.3) is 0 Å². The second kappa shape index (κ2) is 18.4. The molecule has 0 aliphatic carbocycles. The number of rotatable bonds is 20. The van der Waals surface area contributed by atoms with E-state index < -0.39 is 12.0 Å². The highest BCUT2D eigenvalue weighted by Gasteiger charge is 2.17. The summed E-state index contributed by atoms with van der Waals surface area (Å²) < 4.78 is 0. The number of amides is 1. The van der Waals surface area contributed by atoms with Gasteiger partial charge in [0.2, 0.25) is 5.91 Å². The predicted molar refractivity (Wildman–Crippen MR) is 129 cm³/mol. The molecule has 0 fully saturated rings. The SMILES string of the molecule is CC(C)CCNCCNC(C)CCC(C)CC(=O)NCCCCC(NC(C)C)C(=O)O. The summed E-state index contributed by atoms with van der Waals surface area (Å²) in [6.45, 7) is 16.4. The fraction of sp³-hybridized carbons (Fsp3) is 0.917. The molecule has 3 unspecified atom stereocenters. The van der Waals surface area contributed by atoms with Gasteiger partial charge in [-0.3, -0.25) is 9.59 Å². The van der Waals surface area contributed by atoms with Crippen molar-refractivity contribution in [1.82, 2.24) is 21.3 Å². The van der Waals surface area contributed by atoms with E-state index in [2.05, 4.69) is 49.0 Å². The van der Waals surface area contributed by atoms with Crippen LogP contribution in [0.5, 0.6) is 0 Å². The predicted octanol–water partition coefficient (Wildman–Crippen LogP) is 3.14. The zero-order valence-corrected chi connectivity index (χ0v) is 20.9. The van der Waals surface area contributed by atoms with E-state index >= 15 is 0 Å². The quantitative estimate of drug-likeness (QED) is 0.186. The van der Waals surface area contributed by atoms with Crippen LogP contribution in [0.25, 0.3) is 0 Å². The Hall–Kier alpha value is -1.18. The Bertz CT molecular complexity index is 472. The van der Waals surface area contributed by atoms with E-state index in [9.17, 15) is 14.7 Å². The number of carbonyl (C=O) groups is 2. The monoisotopic (exact) mass is 442 g/mol. The fourth-order valence-corrected chi connectivity index (χ4v) is 3.43. The van der Waals surface area contributed by atoms with Gasteiger partial charge in [-0.2, -0.15) is 0 Å². The van der Waals surface area contributed by atoms with Crippen LogP contribution in [0.1, 0.15) is 86.5 Å². The largest absolute Gasteiger partial charge is 0.480 e. The average Bonchev–Trinajstić information content (AvgIpc) is 2.67. The number of aliphatic carboxylic acids is 1. The minimum absolute atomic E-state index is 0.0950. The number of carboxylic acid groups (broad SMARTS) is 1. The van der Waals surface area contributed by atoms with Crippen LogP contribution in [0, 0.1) is 11.8 Å². The molecule has 0 saturated heterocycles. The van der Waals surface area contributed by atoms with Gasteiger partial charge in [-0.25, -0.2) is 0 Å². The smallest absolute Gasteiger partial charge is 0.320 e. The molecule has 0 aliphatic heterocycles. The minimum Gasteiger partial charge on any atom is -0.480 e. The van der Waals surface area contributed by atoms with Gasteiger partial charge >= 0.3 is 5.97 Å². The zero-order chi connectivity index (χ0) is 23.6. The van der Waals surface area contributed by atoms with Crippen LogP contribution in [-0.2, 0) is 9.59 Å². The van der Waals surface area contributed by atoms with Crippen molar-refractivity contribution in [2.45, 2.75) is 105 Å². The van der Waals surface area contributed by atoms with E-state index in [0.717, 1.165) is 51.2 Å². The molecule has 3 atom stereocenters. The number of hydrogen-bond donors (Lipinski definition) is 5. The molecule has 0 aromatic heterocycles. The second-order valence-corrected chi connectivity index (χ2v) is 9.73. The molecule has 5 N–H and O–H groups in total. The van der Waals surface area contributed by atoms with Gasteiger partial charge in [-0.05, 0) is 63.8 Å². The molecule has 0 aliphatic rings. The summed E-state index contributed by atoms with van der Waals surface area (Å²) in [7, 11) is 0. The highest BCUT2D eigenvalue weighted by atomic mass is 16.4. The Morgan fingerprint density at radius 1 is 0.806 bits per heavy atom. The van der Waals surface area contributed by atoms with Crippen molar-refractivity contribution in [3.05, 3.63) is 0 Å². The molecule has 0 radical (unpaired) electrons. The average molecular weight is 443 g/mol. The molecule has 31 heavy (non-hydrogen) atoms. The third kappa shape index (κ3) is 19.2. The van der Waals surface area contributed by atoms with Crippen molar-refractivity contribution >= 4 is 11.9 Å². The van der Waals surface area contributed by atoms with Crippen LogP contribution in [0.15, 0.2) is 0 Å². The first-order chi connectivity index (χ1) is 14.6. The Labute approximate surface area is 190 Å². The van der Waals surface area contributed by atoms with Gasteiger partial charge in [0.15, 0.2) is 0 Å². The van der Waals surface area contributed by atoms with E-state index in [1.807, 2.05) is 13.8 Å². The normalized spacial score (nSPS) is 14.6. The summed E-state index contributed by atoms with van der Waals surface area (Å²) in [5.74, 6) is 0.393. The number of carbonyl (C=O) groups excluding carboxylic acids is 1. The van der Waals surface area contributed by atoms with E-state index in [0.29, 0.717) is 31.3 Å². The molecule has 0 rings (SSSR count). The lowest BCUT2D eigenvalue weighted by atomic mass is 9.98. The maximum Gasteiger partial charge on any atom is 0.320 e. The van der Waals surface area contributed by atoms with Crippen molar-refractivity contribution < 1.29 is 14.7 Å². The van der Waals surface area contributed by atoms with Crippen molar-refractivity contribution in [3.8, 4) is 0 Å². The van der Waals surface area contributed by atoms with Gasteiger partial charge in [0.05, 0.1) is 0 Å². The van der Waals surface area contributed by atoms with Crippen LogP contribution < -0.4 is 21.3 Å². The second-order valence-electron chi connectivity index (χ2n) is 9.73. The molecule has 0 saturated carbocycles. The minimum atomic E-state index is -0.808. The standard InChI is InChI=1S/C24H50N4O3/c1-18(2)12-14-25-15-16-26-21(6)11-10-20(5)17-23(29)27-13-8-7-9-22(24(30)31)28-19(3)4/h18-22,25-26,28H,7-17H2,1-6H3,(H,27,29)(H,30,31). The number of hydrogen-bond acceptors (Lipinski definition) is 5. The van der Waals surface area contributed by atoms with Crippen LogP contribution in [-0.4, -0.2) is 61.3 Å². The van der Waals surface area contributed by atoms with Gasteiger partial charge in [-0.15, -0.1) is 0 Å². The van der Waals surface area contributed by atoms with Crippen LogP contribution in [0.4, 0.5) is 0 Å². The summed E-state index contributed by atoms with van der Waals surface area (Å²) >= 11 is 0. The first-order valence-electron chi connectivity index (χ1n) is 12.3. The van der Waals surface area contributed by atoms with Crippen LogP contribution >= 0.6 is 0 Å². The van der Waals surface area contributed by atoms with Crippen molar-refractivity contribution in [2.24, 2.45) is 11.8 Å². The summed E-state index contributed by atoms with van der Waals surface area (Å²) in [6.07, 6.45) is 6.03. The number of carboxylic acids is 1. The number of nitrogens with one attached hydrogen (secondary N) is 4. The molecular weight excluding hydrogens is 392 g/mol. The van der Waals surface area contributed by atoms with Crippen molar-refractivity contribution in [1.29, 1.82) is 0 Å². The van der Waals surface area contributed by atoms with Crippen LogP contribution in [0.2, 0.25) is 0 Å². The Balaban J connectivity index is 3.75. The lowest BCUT2D eigenvalue weighted by Crippen LogP contribution is -2.40. The molecule has 0 heterocycles. The van der Waals surface area contributed by atoms with Gasteiger partial charge in [0.1, 0.15) is 6.04 Å². The van der Waals surface area contributed by atoms with Gasteiger partial charge in [-0.1, -0.05) is 34.6 Å². The Morgan fingerprint density at radius 2 is 1.52 bits per heavy atom. The topological polar surface area (TPSA) is 102 Å². The molecule has 7 heteroatoms. The molecule has 0 aromatic rings. The molecule has 184 valence electrons. The Morgan fingerprint density at radius 3 is 2.13 bits per heavy atom. The van der Waals surface area contributed by atoms with E-state index in [-0.39, 0.29) is 11.9 Å². The summed E-state index contributed by atoms with van der Waals surface area (Å²) in [5.41, 5.74) is 0. The van der Waals surface area contributed by atoms with Gasteiger partial charge < -0.3 is 26.4 Å². The lowest BCUT2D eigenvalue weighted by Gasteiger charge is -2.18. The molecular formula is C24H50N4O3. The van der Waals surface area contributed by atoms with E-state index in [1.165, 1.54) is 6.42 Å². The lowest BCUT2D eigenvalue weighted by molar-refractivity contribution is -0.140. The van der Waals surface area contributed by atoms with E-state index in [4.69, 9.17) is 0 Å². The fourth-order valence-electron chi connectivity index (χ4n) is 3.43. The van der Waals surface area contributed by atoms with Crippen molar-refractivity contribution in [2.75, 3.05) is 26.2 Å². The molecule has 1 amide bonds. The molecule has 7 nitrogen and oxygen atoms in total. The molecule has 0 spiro atoms. The third-order valence-electron chi connectivity index (χ3n) is 5.39. The van der Waals surface area contributed by atoms with E-state index in [1.54, 1.807) is 0 Å². The zero-order valence-electron chi connectivity index (χ0n) is 20.9. The summed E-state index contributed by atoms with van der Waals surface area (Å²) in [6, 6.07) is 0.0905. The highest BCUT2D eigenvalue weighted by Crippen LogP contribution is 2.12. The number of unbranched alkanes of at least 4 members (excludes halogenated alkanes) is 1. The summed E-state index contributed by atoms with van der Waals surface area (Å²) in [4.78, 5) is 23.3. The molecule has 0 aromatic carbocycles. The van der Waals surface area contributed by atoms with Gasteiger partial charge in [0, 0.05) is 38.1 Å². The van der Waals surface area contributed by atoms with Crippen molar-refractivity contribution in [3.63, 3.8) is 0 Å². The highest BCUT2D eigenvalue weighted by molar-refractivity contribution is 5.76. The maximum absolute atomic E-state index is 12.1. The first-order valence-corrected chi connectivity index (χ1v) is 12.3. The molecule has 0 bridgehead atoms. The van der Waals surface area contributed by atoms with Crippen LogP contribution in [0.3, 0.4) is 0 Å². The summed E-state index contributed by atoms with van der Waals surface area (Å²) in [5, 5.41) is 22.3.